The fourth-order valence-corrected chi connectivity index (χ4v) is 0.760. The molecule has 2 heteroatoms. The first-order valence-corrected chi connectivity index (χ1v) is 4.25. The second-order valence-corrected chi connectivity index (χ2v) is 3.47. The molecule has 0 heterocycles. The lowest BCUT2D eigenvalue weighted by atomic mass is 10.4. The summed E-state index contributed by atoms with van der Waals surface area (Å²) in [5, 5.41) is 0.208. The van der Waals surface area contributed by atoms with Crippen molar-refractivity contribution >= 4 is 10.8 Å². The first kappa shape index (κ1) is 7.89. The zero-order valence-corrected chi connectivity index (χ0v) is 6.37. The Morgan fingerprint density at radius 1 is 1.62 bits per heavy atom. The Kier molecular flexibility index (Phi) is 3.79. The average molecular weight is 132 g/mol. The number of hydrogen-bond acceptors (Lipinski definition) is 1. The summed E-state index contributed by atoms with van der Waals surface area (Å²) in [6.45, 7) is 3.87. The van der Waals surface area contributed by atoms with Gasteiger partial charge in [0.1, 0.15) is 0 Å². The molecule has 0 rings (SSSR count). The second-order valence-electron chi connectivity index (χ2n) is 1.73. The summed E-state index contributed by atoms with van der Waals surface area (Å²) in [7, 11) is -0.697. The largest absolute Gasteiger partial charge is 0.259 e. The molecule has 1 nitrogen and oxygen atoms in total. The molecule has 0 saturated heterocycles. The molecule has 0 spiro atoms. The Morgan fingerprint density at radius 3 is 2.25 bits per heavy atom. The molecule has 0 fully saturated rings. The van der Waals surface area contributed by atoms with Crippen molar-refractivity contribution in [1.29, 1.82) is 0 Å². The first-order valence-electron chi connectivity index (χ1n) is 2.63. The molecule has 8 heavy (non-hydrogen) atoms. The molecular weight excluding hydrogens is 120 g/mol. The molecular formula is C6H12OS. The first-order chi connectivity index (χ1) is 3.68. The van der Waals surface area contributed by atoms with Crippen LogP contribution < -0.4 is 0 Å². The third-order valence-corrected chi connectivity index (χ3v) is 2.19. The number of hydrogen-bond donors (Lipinski definition) is 0. The summed E-state index contributed by atoms with van der Waals surface area (Å²) in [5.41, 5.74) is 0. The molecule has 48 valence electrons. The van der Waals surface area contributed by atoms with Gasteiger partial charge in [-0.2, -0.15) is 0 Å². The Labute approximate surface area is 53.2 Å². The van der Waals surface area contributed by atoms with Crippen LogP contribution >= 0.6 is 0 Å². The summed E-state index contributed by atoms with van der Waals surface area (Å²) < 4.78 is 10.6. The van der Waals surface area contributed by atoms with Crippen LogP contribution in [0.4, 0.5) is 0 Å². The Balaban J connectivity index is 3.64. The predicted molar refractivity (Wildman–Crippen MR) is 38.3 cm³/mol. The van der Waals surface area contributed by atoms with E-state index in [9.17, 15) is 4.21 Å². The Bertz CT molecular complexity index is 107. The van der Waals surface area contributed by atoms with Gasteiger partial charge in [-0.1, -0.05) is 12.2 Å². The van der Waals surface area contributed by atoms with Crippen LogP contribution in [0.2, 0.25) is 0 Å². The summed E-state index contributed by atoms with van der Waals surface area (Å²) in [6, 6.07) is 0. The van der Waals surface area contributed by atoms with E-state index < -0.39 is 10.8 Å². The highest BCUT2D eigenvalue weighted by atomic mass is 32.2. The van der Waals surface area contributed by atoms with Gasteiger partial charge < -0.3 is 0 Å². The normalized spacial score (nSPS) is 18.9. The summed E-state index contributed by atoms with van der Waals surface area (Å²) in [6.07, 6.45) is 5.58. The van der Waals surface area contributed by atoms with E-state index >= 15 is 0 Å². The van der Waals surface area contributed by atoms with Crippen LogP contribution in [-0.2, 0) is 10.8 Å². The van der Waals surface area contributed by atoms with Crippen molar-refractivity contribution < 1.29 is 4.21 Å². The fraction of sp³-hybridized carbons (Fsp3) is 0.667. The van der Waals surface area contributed by atoms with Crippen LogP contribution in [0.1, 0.15) is 13.8 Å². The second kappa shape index (κ2) is 3.84. The lowest BCUT2D eigenvalue weighted by Gasteiger charge is -1.97. The van der Waals surface area contributed by atoms with E-state index in [1.165, 1.54) is 0 Å². The van der Waals surface area contributed by atoms with Gasteiger partial charge in [0.25, 0.3) is 0 Å². The van der Waals surface area contributed by atoms with Crippen molar-refractivity contribution in [2.24, 2.45) is 0 Å². The molecule has 0 aliphatic rings. The summed E-state index contributed by atoms with van der Waals surface area (Å²) in [5.74, 6) is 0. The highest BCUT2D eigenvalue weighted by molar-refractivity contribution is 7.85. The molecule has 0 N–H and O–H groups in total. The zero-order valence-electron chi connectivity index (χ0n) is 5.55. The van der Waals surface area contributed by atoms with Crippen molar-refractivity contribution in [1.82, 2.24) is 0 Å². The van der Waals surface area contributed by atoms with E-state index in [-0.39, 0.29) is 5.25 Å². The molecule has 0 aliphatic heterocycles. The van der Waals surface area contributed by atoms with Crippen LogP contribution in [0.3, 0.4) is 0 Å². The Morgan fingerprint density at radius 2 is 2.12 bits per heavy atom. The number of rotatable bonds is 2. The molecule has 0 aromatic heterocycles. The van der Waals surface area contributed by atoms with Gasteiger partial charge in [-0.15, -0.1) is 0 Å². The van der Waals surface area contributed by atoms with Gasteiger partial charge in [-0.25, -0.2) is 0 Å². The van der Waals surface area contributed by atoms with E-state index in [1.807, 2.05) is 26.0 Å². The van der Waals surface area contributed by atoms with Crippen LogP contribution in [0.25, 0.3) is 0 Å². The van der Waals surface area contributed by atoms with Gasteiger partial charge >= 0.3 is 0 Å². The van der Waals surface area contributed by atoms with Crippen molar-refractivity contribution in [2.45, 2.75) is 19.1 Å². The molecule has 2 atom stereocenters. The SMILES string of the molecule is C/C=C\C(C)S(C)=O. The fourth-order valence-electron chi connectivity index (χ4n) is 0.382. The molecule has 0 bridgehead atoms. The maximum atomic E-state index is 10.6. The molecule has 2 unspecified atom stereocenters. The minimum atomic E-state index is -0.697. The third kappa shape index (κ3) is 2.97. The monoisotopic (exact) mass is 132 g/mol. The van der Waals surface area contributed by atoms with Crippen molar-refractivity contribution in [2.75, 3.05) is 6.26 Å². The van der Waals surface area contributed by atoms with E-state index in [4.69, 9.17) is 0 Å². The van der Waals surface area contributed by atoms with E-state index in [1.54, 1.807) is 6.26 Å². The van der Waals surface area contributed by atoms with Crippen LogP contribution in [-0.4, -0.2) is 15.7 Å². The highest BCUT2D eigenvalue weighted by Gasteiger charge is 1.97. The van der Waals surface area contributed by atoms with E-state index in [0.29, 0.717) is 0 Å². The molecule has 0 aliphatic carbocycles. The van der Waals surface area contributed by atoms with Gasteiger partial charge in [0.15, 0.2) is 0 Å². The predicted octanol–water partition coefficient (Wildman–Crippen LogP) is 1.33. The van der Waals surface area contributed by atoms with Gasteiger partial charge in [-0.05, 0) is 13.8 Å². The standard InChI is InChI=1S/C6H12OS/c1-4-5-6(2)8(3)7/h4-6H,1-3H3/b5-4-. The summed E-state index contributed by atoms with van der Waals surface area (Å²) in [4.78, 5) is 0. The quantitative estimate of drug-likeness (QED) is 0.518. The topological polar surface area (TPSA) is 17.1 Å². The molecule has 0 amide bonds. The van der Waals surface area contributed by atoms with Crippen LogP contribution in [0.5, 0.6) is 0 Å². The van der Waals surface area contributed by atoms with Gasteiger partial charge in [-0.3, -0.25) is 4.21 Å². The van der Waals surface area contributed by atoms with Gasteiger partial charge in [0, 0.05) is 22.3 Å². The summed E-state index contributed by atoms with van der Waals surface area (Å²) >= 11 is 0. The Hall–Kier alpha value is -0.110. The van der Waals surface area contributed by atoms with Crippen molar-refractivity contribution in [3.63, 3.8) is 0 Å². The third-order valence-electron chi connectivity index (χ3n) is 0.987. The molecule has 0 radical (unpaired) electrons. The molecule has 0 aromatic rings. The maximum Gasteiger partial charge on any atom is 0.0496 e. The van der Waals surface area contributed by atoms with Crippen LogP contribution in [0.15, 0.2) is 12.2 Å². The minimum absolute atomic E-state index is 0.208. The molecule has 0 aromatic carbocycles. The zero-order chi connectivity index (χ0) is 6.57. The minimum Gasteiger partial charge on any atom is -0.259 e. The van der Waals surface area contributed by atoms with Crippen molar-refractivity contribution in [3.05, 3.63) is 12.2 Å². The number of allylic oxidation sites excluding steroid dienone is 1. The van der Waals surface area contributed by atoms with Crippen molar-refractivity contribution in [3.8, 4) is 0 Å². The van der Waals surface area contributed by atoms with Crippen LogP contribution in [0, 0.1) is 0 Å². The average Bonchev–Trinajstić information content (AvgIpc) is 1.67. The van der Waals surface area contributed by atoms with Gasteiger partial charge in [0.05, 0.1) is 0 Å². The van der Waals surface area contributed by atoms with Gasteiger partial charge in [0.2, 0.25) is 0 Å². The maximum absolute atomic E-state index is 10.6. The lowest BCUT2D eigenvalue weighted by Crippen LogP contribution is -2.03. The van der Waals surface area contributed by atoms with E-state index in [0.717, 1.165) is 0 Å². The smallest absolute Gasteiger partial charge is 0.0496 e. The molecule has 0 saturated carbocycles. The lowest BCUT2D eigenvalue weighted by molar-refractivity contribution is 0.683. The van der Waals surface area contributed by atoms with E-state index in [2.05, 4.69) is 0 Å². The highest BCUT2D eigenvalue weighted by Crippen LogP contribution is 1.92.